The molecule has 6 heteroatoms. The Morgan fingerprint density at radius 3 is 2.70 bits per heavy atom. The van der Waals surface area contributed by atoms with Gasteiger partial charge < -0.3 is 18.8 Å². The molecular formula is C24H31NO5. The molecule has 0 radical (unpaired) electrons. The number of carbonyl (C=O) groups is 2. The lowest BCUT2D eigenvalue weighted by Gasteiger charge is -2.28. The van der Waals surface area contributed by atoms with Gasteiger partial charge in [0.2, 0.25) is 0 Å². The quantitative estimate of drug-likeness (QED) is 0.517. The zero-order chi connectivity index (χ0) is 21.5. The van der Waals surface area contributed by atoms with Crippen molar-refractivity contribution >= 4 is 12.1 Å². The summed E-state index contributed by atoms with van der Waals surface area (Å²) in [6.07, 6.45) is 2.83. The van der Waals surface area contributed by atoms with Gasteiger partial charge in [0, 0.05) is 25.8 Å². The van der Waals surface area contributed by atoms with Crippen LogP contribution in [0.2, 0.25) is 0 Å². The molecule has 3 rings (SSSR count). The Balaban J connectivity index is 1.71. The summed E-state index contributed by atoms with van der Waals surface area (Å²) < 4.78 is 16.9. The van der Waals surface area contributed by atoms with Crippen molar-refractivity contribution in [3.05, 3.63) is 59.5 Å². The average Bonchev–Trinajstić information content (AvgIpc) is 3.33. The standard InChI is InChI=1S/C24H31NO5/c1-4-5-11-21-12-13-22(30-21)23(29-18(3)26)17(2)15-25-20(16-28-24(25)27)14-19-9-7-6-8-10-19/h6-10,12-13,17,20,23H,4-5,11,14-16H2,1-3H3/t17-,20+,23+/m1/s1. The van der Waals surface area contributed by atoms with Crippen LogP contribution in [0, 0.1) is 5.92 Å². The van der Waals surface area contributed by atoms with Crippen LogP contribution in [0.5, 0.6) is 0 Å². The number of ether oxygens (including phenoxy) is 2. The van der Waals surface area contributed by atoms with Crippen molar-refractivity contribution in [3.63, 3.8) is 0 Å². The summed E-state index contributed by atoms with van der Waals surface area (Å²) in [5, 5.41) is 0. The molecule has 1 aromatic heterocycles. The van der Waals surface area contributed by atoms with Crippen molar-refractivity contribution in [2.24, 2.45) is 5.92 Å². The first-order chi connectivity index (χ1) is 14.5. The Hall–Kier alpha value is -2.76. The van der Waals surface area contributed by atoms with Crippen LogP contribution in [0.15, 0.2) is 46.9 Å². The number of hydrogen-bond donors (Lipinski definition) is 0. The van der Waals surface area contributed by atoms with Crippen LogP contribution >= 0.6 is 0 Å². The molecule has 1 aliphatic rings. The Kier molecular flexibility index (Phi) is 7.55. The van der Waals surface area contributed by atoms with E-state index in [1.807, 2.05) is 49.4 Å². The Morgan fingerprint density at radius 1 is 1.23 bits per heavy atom. The van der Waals surface area contributed by atoms with Gasteiger partial charge in [-0.25, -0.2) is 4.79 Å². The average molecular weight is 414 g/mol. The second kappa shape index (κ2) is 10.3. The van der Waals surface area contributed by atoms with Crippen molar-refractivity contribution in [2.75, 3.05) is 13.2 Å². The van der Waals surface area contributed by atoms with Gasteiger partial charge in [-0.1, -0.05) is 50.6 Å². The highest BCUT2D eigenvalue weighted by Gasteiger charge is 2.37. The molecule has 2 heterocycles. The maximum absolute atomic E-state index is 12.4. The van der Waals surface area contributed by atoms with E-state index in [0.717, 1.165) is 37.0 Å². The minimum atomic E-state index is -0.552. The lowest BCUT2D eigenvalue weighted by atomic mass is 9.99. The Morgan fingerprint density at radius 2 is 2.00 bits per heavy atom. The Bertz CT molecular complexity index is 831. The Labute approximate surface area is 178 Å². The largest absolute Gasteiger partial charge is 0.462 e. The molecule has 3 atom stereocenters. The number of esters is 1. The van der Waals surface area contributed by atoms with E-state index < -0.39 is 6.10 Å². The highest BCUT2D eigenvalue weighted by atomic mass is 16.6. The minimum absolute atomic E-state index is 0.0444. The molecule has 0 saturated carbocycles. The van der Waals surface area contributed by atoms with E-state index in [2.05, 4.69) is 6.92 Å². The van der Waals surface area contributed by atoms with Crippen molar-refractivity contribution in [1.29, 1.82) is 0 Å². The van der Waals surface area contributed by atoms with Gasteiger partial charge in [0.25, 0.3) is 0 Å². The van der Waals surface area contributed by atoms with E-state index in [1.165, 1.54) is 6.92 Å². The van der Waals surface area contributed by atoms with Crippen LogP contribution in [0.4, 0.5) is 4.79 Å². The van der Waals surface area contributed by atoms with E-state index >= 15 is 0 Å². The normalized spacial score (nSPS) is 18.2. The first kappa shape index (κ1) is 21.9. The molecule has 0 aliphatic carbocycles. The summed E-state index contributed by atoms with van der Waals surface area (Å²) in [5.74, 6) is 0.987. The molecule has 2 aromatic rings. The molecule has 1 aliphatic heterocycles. The van der Waals surface area contributed by atoms with Gasteiger partial charge in [-0.05, 0) is 30.5 Å². The van der Waals surface area contributed by atoms with Gasteiger partial charge >= 0.3 is 12.1 Å². The van der Waals surface area contributed by atoms with Gasteiger partial charge in [0.1, 0.15) is 18.1 Å². The highest BCUT2D eigenvalue weighted by molar-refractivity contribution is 5.70. The fourth-order valence-corrected chi connectivity index (χ4v) is 3.84. The van der Waals surface area contributed by atoms with Gasteiger partial charge in [0.15, 0.2) is 6.10 Å². The topological polar surface area (TPSA) is 69.0 Å². The first-order valence-corrected chi connectivity index (χ1v) is 10.7. The summed E-state index contributed by atoms with van der Waals surface area (Å²) in [4.78, 5) is 25.9. The SMILES string of the molecule is CCCCc1ccc([C@@H](OC(C)=O)[C@H](C)CN2C(=O)OC[C@@H]2Cc2ccccc2)o1. The third kappa shape index (κ3) is 5.65. The van der Waals surface area contributed by atoms with Crippen LogP contribution in [0.25, 0.3) is 0 Å². The van der Waals surface area contributed by atoms with E-state index in [0.29, 0.717) is 18.9 Å². The molecule has 0 N–H and O–H groups in total. The minimum Gasteiger partial charge on any atom is -0.462 e. The van der Waals surface area contributed by atoms with Crippen LogP contribution in [-0.4, -0.2) is 36.2 Å². The maximum Gasteiger partial charge on any atom is 0.410 e. The fourth-order valence-electron chi connectivity index (χ4n) is 3.84. The molecule has 30 heavy (non-hydrogen) atoms. The predicted octanol–water partition coefficient (Wildman–Crippen LogP) is 4.93. The second-order valence-corrected chi connectivity index (χ2v) is 7.99. The summed E-state index contributed by atoms with van der Waals surface area (Å²) in [7, 11) is 0. The van der Waals surface area contributed by atoms with E-state index in [4.69, 9.17) is 13.9 Å². The van der Waals surface area contributed by atoms with Gasteiger partial charge in [-0.2, -0.15) is 0 Å². The van der Waals surface area contributed by atoms with Crippen molar-refractivity contribution in [1.82, 2.24) is 4.90 Å². The van der Waals surface area contributed by atoms with Crippen LogP contribution < -0.4 is 0 Å². The monoisotopic (exact) mass is 413 g/mol. The van der Waals surface area contributed by atoms with E-state index in [1.54, 1.807) is 4.90 Å². The van der Waals surface area contributed by atoms with E-state index in [9.17, 15) is 9.59 Å². The molecule has 0 bridgehead atoms. The molecule has 0 spiro atoms. The first-order valence-electron chi connectivity index (χ1n) is 10.7. The lowest BCUT2D eigenvalue weighted by molar-refractivity contribution is -0.150. The number of carbonyl (C=O) groups excluding carboxylic acids is 2. The van der Waals surface area contributed by atoms with Crippen molar-refractivity contribution < 1.29 is 23.5 Å². The molecule has 0 unspecified atom stereocenters. The number of benzene rings is 1. The highest BCUT2D eigenvalue weighted by Crippen LogP contribution is 2.31. The number of aryl methyl sites for hydroxylation is 1. The molecule has 1 aromatic carbocycles. The van der Waals surface area contributed by atoms with Crippen LogP contribution in [0.1, 0.15) is 56.8 Å². The number of nitrogens with zero attached hydrogens (tertiary/aromatic N) is 1. The van der Waals surface area contributed by atoms with Crippen LogP contribution in [-0.2, 0) is 27.1 Å². The van der Waals surface area contributed by atoms with Crippen molar-refractivity contribution in [2.45, 2.75) is 58.6 Å². The van der Waals surface area contributed by atoms with Crippen molar-refractivity contribution in [3.8, 4) is 0 Å². The molecule has 6 nitrogen and oxygen atoms in total. The smallest absolute Gasteiger partial charge is 0.410 e. The summed E-state index contributed by atoms with van der Waals surface area (Å²) in [6, 6.07) is 13.8. The predicted molar refractivity (Wildman–Crippen MR) is 113 cm³/mol. The summed E-state index contributed by atoms with van der Waals surface area (Å²) in [6.45, 7) is 6.27. The van der Waals surface area contributed by atoms with E-state index in [-0.39, 0.29) is 24.0 Å². The number of cyclic esters (lactones) is 1. The molecule has 162 valence electrons. The molecule has 1 saturated heterocycles. The number of furan rings is 1. The fraction of sp³-hybridized carbons (Fsp3) is 0.500. The number of rotatable bonds is 10. The second-order valence-electron chi connectivity index (χ2n) is 7.99. The molecular weight excluding hydrogens is 382 g/mol. The van der Waals surface area contributed by atoms with Gasteiger partial charge in [-0.3, -0.25) is 4.79 Å². The zero-order valence-electron chi connectivity index (χ0n) is 18.0. The number of amides is 1. The third-order valence-corrected chi connectivity index (χ3v) is 5.42. The third-order valence-electron chi connectivity index (χ3n) is 5.42. The summed E-state index contributed by atoms with van der Waals surface area (Å²) >= 11 is 0. The van der Waals surface area contributed by atoms with Gasteiger partial charge in [-0.15, -0.1) is 0 Å². The maximum atomic E-state index is 12.4. The number of unbranched alkanes of at least 4 members (excludes halogenated alkanes) is 1. The molecule has 1 fully saturated rings. The summed E-state index contributed by atoms with van der Waals surface area (Å²) in [5.41, 5.74) is 1.15. The molecule has 1 amide bonds. The number of hydrogen-bond acceptors (Lipinski definition) is 5. The lowest BCUT2D eigenvalue weighted by Crippen LogP contribution is -2.39. The zero-order valence-corrected chi connectivity index (χ0v) is 18.0. The van der Waals surface area contributed by atoms with Gasteiger partial charge in [0.05, 0.1) is 6.04 Å². The van der Waals surface area contributed by atoms with Crippen LogP contribution in [0.3, 0.4) is 0 Å².